The summed E-state index contributed by atoms with van der Waals surface area (Å²) in [4.78, 5) is 0. The predicted molar refractivity (Wildman–Crippen MR) is 65.6 cm³/mol. The Morgan fingerprint density at radius 3 is 1.65 bits per heavy atom. The summed E-state index contributed by atoms with van der Waals surface area (Å²) in [5.41, 5.74) is -5.65. The van der Waals surface area contributed by atoms with Gasteiger partial charge in [0, 0.05) is 25.7 Å². The Bertz CT molecular complexity index is 425. The zero-order valence-corrected chi connectivity index (χ0v) is 12.0. The van der Waals surface area contributed by atoms with Crippen LogP contribution < -0.4 is 0 Å². The third kappa shape index (κ3) is 2.96. The summed E-state index contributed by atoms with van der Waals surface area (Å²) < 4.78 is 60.5. The standard InChI is InChI=1S/C11H20N.CHF3O3S/c1-2-9-12(8-1)10-4-3-5-11(12)7-6-10;2-1(3,4)8(5,6)7/h10-11H,1-9H2;(H,5,6,7)/q+1;/p-1. The van der Waals surface area contributed by atoms with Crippen LogP contribution in [0.4, 0.5) is 13.2 Å². The third-order valence-corrected chi connectivity index (χ3v) is 5.61. The van der Waals surface area contributed by atoms with Crippen LogP contribution in [0.25, 0.3) is 0 Å². The maximum atomic E-state index is 10.7. The summed E-state index contributed by atoms with van der Waals surface area (Å²) in [5, 5.41) is 0. The summed E-state index contributed by atoms with van der Waals surface area (Å²) in [7, 11) is -6.09. The van der Waals surface area contributed by atoms with Crippen LogP contribution in [-0.4, -0.2) is 48.1 Å². The van der Waals surface area contributed by atoms with Crippen molar-refractivity contribution in [1.82, 2.24) is 0 Å². The first-order valence-corrected chi connectivity index (χ1v) is 8.46. The molecule has 2 bridgehead atoms. The molecule has 0 aromatic heterocycles. The van der Waals surface area contributed by atoms with Crippen molar-refractivity contribution >= 4 is 10.1 Å². The Morgan fingerprint density at radius 1 is 0.900 bits per heavy atom. The van der Waals surface area contributed by atoms with Gasteiger partial charge in [0.05, 0.1) is 25.2 Å². The summed E-state index contributed by atoms with van der Waals surface area (Å²) in [6.45, 7) is 3.07. The average Bonchev–Trinajstić information content (AvgIpc) is 2.82. The van der Waals surface area contributed by atoms with Gasteiger partial charge in [-0.3, -0.25) is 0 Å². The molecule has 0 radical (unpaired) electrons. The molecule has 3 saturated heterocycles. The van der Waals surface area contributed by atoms with Crippen LogP contribution in [0.1, 0.15) is 44.9 Å². The Hall–Kier alpha value is -0.340. The third-order valence-electron chi connectivity index (χ3n) is 5.04. The largest absolute Gasteiger partial charge is 0.741 e. The quantitative estimate of drug-likeness (QED) is 0.392. The number of piperidine rings is 1. The van der Waals surface area contributed by atoms with Crippen LogP contribution in [0.3, 0.4) is 0 Å². The van der Waals surface area contributed by atoms with E-state index >= 15 is 0 Å². The molecule has 2 atom stereocenters. The molecule has 3 rings (SSSR count). The van der Waals surface area contributed by atoms with Gasteiger partial charge in [-0.2, -0.15) is 13.2 Å². The Labute approximate surface area is 117 Å². The molecular formula is C12H20F3NO3S. The first-order chi connectivity index (χ1) is 9.17. The number of nitrogens with zero attached hydrogens (tertiary/aromatic N) is 1. The lowest BCUT2D eigenvalue weighted by Gasteiger charge is -2.44. The smallest absolute Gasteiger partial charge is 0.485 e. The summed E-state index contributed by atoms with van der Waals surface area (Å²) in [6, 6.07) is 2.21. The molecule has 0 N–H and O–H groups in total. The molecule has 0 aromatic rings. The summed E-state index contributed by atoms with van der Waals surface area (Å²) in [5.74, 6) is 0. The van der Waals surface area contributed by atoms with Crippen LogP contribution >= 0.6 is 0 Å². The minimum atomic E-state index is -6.09. The van der Waals surface area contributed by atoms with Gasteiger partial charge in [0.2, 0.25) is 0 Å². The Morgan fingerprint density at radius 2 is 1.30 bits per heavy atom. The highest BCUT2D eigenvalue weighted by molar-refractivity contribution is 7.86. The van der Waals surface area contributed by atoms with Gasteiger partial charge in [-0.25, -0.2) is 8.42 Å². The first-order valence-electron chi connectivity index (χ1n) is 7.05. The van der Waals surface area contributed by atoms with Gasteiger partial charge in [0.1, 0.15) is 0 Å². The van der Waals surface area contributed by atoms with E-state index in [9.17, 15) is 13.2 Å². The molecular weight excluding hydrogens is 295 g/mol. The Kier molecular flexibility index (Phi) is 4.37. The van der Waals surface area contributed by atoms with Gasteiger partial charge in [-0.05, 0) is 19.3 Å². The fourth-order valence-electron chi connectivity index (χ4n) is 4.24. The van der Waals surface area contributed by atoms with E-state index in [1.165, 1.54) is 32.4 Å². The van der Waals surface area contributed by atoms with Gasteiger partial charge in [0.25, 0.3) is 0 Å². The molecule has 3 heterocycles. The molecule has 8 heteroatoms. The molecule has 0 aliphatic carbocycles. The van der Waals surface area contributed by atoms with Crippen molar-refractivity contribution in [2.45, 2.75) is 62.5 Å². The SMILES string of the molecule is C1CC2CCC(C1)[N+]21CCCC1.O=S(=O)([O-])C(F)(F)F. The molecule has 20 heavy (non-hydrogen) atoms. The lowest BCUT2D eigenvalue weighted by atomic mass is 10.00. The van der Waals surface area contributed by atoms with Crippen LogP contribution in [0.2, 0.25) is 0 Å². The van der Waals surface area contributed by atoms with Crippen LogP contribution in [0.5, 0.6) is 0 Å². The minimum absolute atomic E-state index is 1.10. The second-order valence-electron chi connectivity index (χ2n) is 5.97. The normalized spacial score (nSPS) is 32.0. The summed E-state index contributed by atoms with van der Waals surface area (Å²) >= 11 is 0. The van der Waals surface area contributed by atoms with Crippen LogP contribution in [-0.2, 0) is 10.1 Å². The van der Waals surface area contributed by atoms with E-state index in [2.05, 4.69) is 0 Å². The molecule has 4 nitrogen and oxygen atoms in total. The average molecular weight is 315 g/mol. The van der Waals surface area contributed by atoms with Crippen molar-refractivity contribution in [1.29, 1.82) is 0 Å². The molecule has 118 valence electrons. The van der Waals surface area contributed by atoms with Gasteiger partial charge in [-0.15, -0.1) is 0 Å². The molecule has 3 aliphatic rings. The first kappa shape index (κ1) is 16.0. The van der Waals surface area contributed by atoms with Crippen molar-refractivity contribution in [3.8, 4) is 0 Å². The molecule has 1 spiro atoms. The number of rotatable bonds is 0. The molecule has 3 aliphatic heterocycles. The fraction of sp³-hybridized carbons (Fsp3) is 1.00. The van der Waals surface area contributed by atoms with E-state index in [-0.39, 0.29) is 0 Å². The van der Waals surface area contributed by atoms with Gasteiger partial charge in [-0.1, -0.05) is 0 Å². The highest BCUT2D eigenvalue weighted by atomic mass is 32.2. The number of quaternary nitrogens is 1. The van der Waals surface area contributed by atoms with Gasteiger partial charge >= 0.3 is 5.51 Å². The van der Waals surface area contributed by atoms with E-state index in [4.69, 9.17) is 13.0 Å². The van der Waals surface area contributed by atoms with E-state index in [0.717, 1.165) is 12.1 Å². The molecule has 0 aromatic carbocycles. The predicted octanol–water partition coefficient (Wildman–Crippen LogP) is 2.36. The lowest BCUT2D eigenvalue weighted by Crippen LogP contribution is -2.56. The van der Waals surface area contributed by atoms with Gasteiger partial charge < -0.3 is 9.04 Å². The number of hydrogen-bond donors (Lipinski definition) is 0. The van der Waals surface area contributed by atoms with E-state index in [1.807, 2.05) is 0 Å². The van der Waals surface area contributed by atoms with Crippen molar-refractivity contribution in [2.24, 2.45) is 0 Å². The highest BCUT2D eigenvalue weighted by Gasteiger charge is 2.52. The van der Waals surface area contributed by atoms with E-state index < -0.39 is 15.6 Å². The number of halogens is 3. The number of hydrogen-bond acceptors (Lipinski definition) is 3. The highest BCUT2D eigenvalue weighted by Crippen LogP contribution is 2.45. The second-order valence-corrected chi connectivity index (χ2v) is 7.34. The van der Waals surface area contributed by atoms with Crippen molar-refractivity contribution in [3.05, 3.63) is 0 Å². The number of alkyl halides is 3. The van der Waals surface area contributed by atoms with E-state index in [1.54, 1.807) is 30.2 Å². The maximum absolute atomic E-state index is 10.7. The second kappa shape index (κ2) is 5.46. The topological polar surface area (TPSA) is 57.2 Å². The van der Waals surface area contributed by atoms with Crippen LogP contribution in [0, 0.1) is 0 Å². The molecule has 0 amide bonds. The minimum Gasteiger partial charge on any atom is -0.741 e. The van der Waals surface area contributed by atoms with Crippen molar-refractivity contribution < 1.29 is 30.6 Å². The molecule has 0 saturated carbocycles. The molecule has 3 fully saturated rings. The lowest BCUT2D eigenvalue weighted by molar-refractivity contribution is -0.955. The maximum Gasteiger partial charge on any atom is 0.485 e. The van der Waals surface area contributed by atoms with Gasteiger partial charge in [0.15, 0.2) is 10.1 Å². The summed E-state index contributed by atoms with van der Waals surface area (Å²) in [6.07, 6.45) is 10.8. The Balaban J connectivity index is 0.000000163. The van der Waals surface area contributed by atoms with Crippen LogP contribution in [0.15, 0.2) is 0 Å². The van der Waals surface area contributed by atoms with Crippen molar-refractivity contribution in [2.75, 3.05) is 13.1 Å². The monoisotopic (exact) mass is 315 g/mol. The van der Waals surface area contributed by atoms with Crippen molar-refractivity contribution in [3.63, 3.8) is 0 Å². The molecule has 2 unspecified atom stereocenters. The van der Waals surface area contributed by atoms with E-state index in [0.29, 0.717) is 0 Å². The fourth-order valence-corrected chi connectivity index (χ4v) is 4.24. The zero-order valence-electron chi connectivity index (χ0n) is 11.2. The zero-order chi connectivity index (χ0) is 15.0.